The maximum atomic E-state index is 12.5. The van der Waals surface area contributed by atoms with Crippen LogP contribution in [0.3, 0.4) is 0 Å². The number of hydrogen-bond acceptors (Lipinski definition) is 5. The SMILES string of the molecule is Cc1nc(-c2ccccc2)sc1C(=O)NCc1cc(C2CC2)ncn1. The normalized spacial score (nSPS) is 13.6. The molecule has 1 aliphatic carbocycles. The van der Waals surface area contributed by atoms with Crippen LogP contribution in [0.2, 0.25) is 0 Å². The van der Waals surface area contributed by atoms with E-state index in [2.05, 4.69) is 20.3 Å². The predicted molar refractivity (Wildman–Crippen MR) is 97.5 cm³/mol. The molecule has 0 atom stereocenters. The molecule has 0 saturated heterocycles. The highest BCUT2D eigenvalue weighted by atomic mass is 32.1. The first-order valence-electron chi connectivity index (χ1n) is 8.32. The molecule has 1 N–H and O–H groups in total. The van der Waals surface area contributed by atoms with E-state index in [0.717, 1.165) is 27.7 Å². The van der Waals surface area contributed by atoms with Gasteiger partial charge in [-0.1, -0.05) is 30.3 Å². The molecule has 1 aromatic carbocycles. The fourth-order valence-corrected chi connectivity index (χ4v) is 3.66. The number of nitrogens with one attached hydrogen (secondary N) is 1. The van der Waals surface area contributed by atoms with Crippen LogP contribution in [0.1, 0.15) is 45.5 Å². The van der Waals surface area contributed by atoms with Crippen LogP contribution in [0.5, 0.6) is 0 Å². The summed E-state index contributed by atoms with van der Waals surface area (Å²) in [7, 11) is 0. The van der Waals surface area contributed by atoms with Crippen molar-refractivity contribution in [2.75, 3.05) is 0 Å². The fraction of sp³-hybridized carbons (Fsp3) is 0.263. The standard InChI is InChI=1S/C19H18N4OS/c1-12-17(25-19(23-12)14-5-3-2-4-6-14)18(24)20-10-15-9-16(13-7-8-13)22-11-21-15/h2-6,9,11,13H,7-8,10H2,1H3,(H,20,24). The minimum absolute atomic E-state index is 0.108. The zero-order chi connectivity index (χ0) is 17.2. The number of carbonyl (C=O) groups is 1. The van der Waals surface area contributed by atoms with E-state index in [4.69, 9.17) is 0 Å². The van der Waals surface area contributed by atoms with Crippen LogP contribution >= 0.6 is 11.3 Å². The minimum atomic E-state index is -0.108. The third kappa shape index (κ3) is 3.58. The van der Waals surface area contributed by atoms with Crippen molar-refractivity contribution in [2.45, 2.75) is 32.2 Å². The molecular formula is C19H18N4OS. The molecule has 6 heteroatoms. The molecule has 0 radical (unpaired) electrons. The average molecular weight is 350 g/mol. The molecule has 0 spiro atoms. The van der Waals surface area contributed by atoms with E-state index in [1.165, 1.54) is 24.2 Å². The van der Waals surface area contributed by atoms with Crippen molar-refractivity contribution in [3.8, 4) is 10.6 Å². The van der Waals surface area contributed by atoms with Gasteiger partial charge in [0.15, 0.2) is 0 Å². The molecule has 1 saturated carbocycles. The molecule has 0 aliphatic heterocycles. The van der Waals surface area contributed by atoms with Gasteiger partial charge in [0.2, 0.25) is 0 Å². The Morgan fingerprint density at radius 2 is 2.04 bits per heavy atom. The van der Waals surface area contributed by atoms with Crippen molar-refractivity contribution in [1.29, 1.82) is 0 Å². The predicted octanol–water partition coefficient (Wildman–Crippen LogP) is 3.72. The highest BCUT2D eigenvalue weighted by Crippen LogP contribution is 2.38. The molecule has 1 fully saturated rings. The Morgan fingerprint density at radius 3 is 2.80 bits per heavy atom. The number of amides is 1. The summed E-state index contributed by atoms with van der Waals surface area (Å²) in [6, 6.07) is 11.9. The molecule has 5 nitrogen and oxygen atoms in total. The van der Waals surface area contributed by atoms with Crippen molar-refractivity contribution < 1.29 is 4.79 Å². The number of hydrogen-bond donors (Lipinski definition) is 1. The Bertz CT molecular complexity index is 903. The minimum Gasteiger partial charge on any atom is -0.346 e. The van der Waals surface area contributed by atoms with Gasteiger partial charge < -0.3 is 5.32 Å². The van der Waals surface area contributed by atoms with Gasteiger partial charge in [0.05, 0.1) is 17.9 Å². The summed E-state index contributed by atoms with van der Waals surface area (Å²) in [4.78, 5) is 26.3. The van der Waals surface area contributed by atoms with Crippen LogP contribution in [-0.2, 0) is 6.54 Å². The Kier molecular flexibility index (Phi) is 4.28. The highest BCUT2D eigenvalue weighted by Gasteiger charge is 2.25. The van der Waals surface area contributed by atoms with E-state index in [1.807, 2.05) is 43.3 Å². The van der Waals surface area contributed by atoms with Gasteiger partial charge in [-0.15, -0.1) is 11.3 Å². The first-order valence-corrected chi connectivity index (χ1v) is 9.14. The van der Waals surface area contributed by atoms with Gasteiger partial charge in [-0.05, 0) is 25.8 Å². The summed E-state index contributed by atoms with van der Waals surface area (Å²) in [5, 5.41) is 3.81. The Morgan fingerprint density at radius 1 is 1.24 bits per heavy atom. The average Bonchev–Trinajstić information content (AvgIpc) is 3.43. The highest BCUT2D eigenvalue weighted by molar-refractivity contribution is 7.17. The van der Waals surface area contributed by atoms with E-state index >= 15 is 0 Å². The number of benzene rings is 1. The van der Waals surface area contributed by atoms with Crippen molar-refractivity contribution in [3.63, 3.8) is 0 Å². The molecule has 1 amide bonds. The quantitative estimate of drug-likeness (QED) is 0.761. The van der Waals surface area contributed by atoms with Crippen LogP contribution in [0.15, 0.2) is 42.7 Å². The van der Waals surface area contributed by atoms with Crippen LogP contribution < -0.4 is 5.32 Å². The van der Waals surface area contributed by atoms with Gasteiger partial charge in [-0.25, -0.2) is 15.0 Å². The zero-order valence-electron chi connectivity index (χ0n) is 13.9. The smallest absolute Gasteiger partial charge is 0.263 e. The van der Waals surface area contributed by atoms with E-state index in [-0.39, 0.29) is 5.91 Å². The fourth-order valence-electron chi connectivity index (χ4n) is 2.68. The van der Waals surface area contributed by atoms with Crippen LogP contribution in [0.25, 0.3) is 10.6 Å². The van der Waals surface area contributed by atoms with Crippen LogP contribution in [0, 0.1) is 6.92 Å². The largest absolute Gasteiger partial charge is 0.346 e. The number of rotatable bonds is 5. The summed E-state index contributed by atoms with van der Waals surface area (Å²) < 4.78 is 0. The molecule has 25 heavy (non-hydrogen) atoms. The van der Waals surface area contributed by atoms with E-state index in [9.17, 15) is 4.79 Å². The molecule has 0 bridgehead atoms. The van der Waals surface area contributed by atoms with Crippen molar-refractivity contribution >= 4 is 17.2 Å². The second-order valence-corrected chi connectivity index (χ2v) is 7.19. The maximum absolute atomic E-state index is 12.5. The van der Waals surface area contributed by atoms with E-state index in [1.54, 1.807) is 6.33 Å². The number of carbonyl (C=O) groups excluding carboxylic acids is 1. The first-order chi connectivity index (χ1) is 12.2. The maximum Gasteiger partial charge on any atom is 0.263 e. The third-order valence-corrected chi connectivity index (χ3v) is 5.40. The Labute approximate surface area is 150 Å². The van der Waals surface area contributed by atoms with Crippen molar-refractivity contribution in [1.82, 2.24) is 20.3 Å². The summed E-state index contributed by atoms with van der Waals surface area (Å²) >= 11 is 1.42. The summed E-state index contributed by atoms with van der Waals surface area (Å²) in [5.41, 5.74) is 3.71. The van der Waals surface area contributed by atoms with Gasteiger partial charge in [0.1, 0.15) is 16.2 Å². The number of aromatic nitrogens is 3. The Balaban J connectivity index is 1.46. The summed E-state index contributed by atoms with van der Waals surface area (Å²) in [5.74, 6) is 0.471. The van der Waals surface area contributed by atoms with Crippen LogP contribution in [0.4, 0.5) is 0 Å². The lowest BCUT2D eigenvalue weighted by Crippen LogP contribution is -2.23. The second kappa shape index (κ2) is 6.72. The van der Waals surface area contributed by atoms with Crippen molar-refractivity contribution in [3.05, 3.63) is 64.7 Å². The molecule has 0 unspecified atom stereocenters. The first kappa shape index (κ1) is 15.9. The number of thiazole rings is 1. The zero-order valence-corrected chi connectivity index (χ0v) is 14.7. The number of aryl methyl sites for hydroxylation is 1. The topological polar surface area (TPSA) is 67.8 Å². The lowest BCUT2D eigenvalue weighted by Gasteiger charge is -2.05. The monoisotopic (exact) mass is 350 g/mol. The molecule has 4 rings (SSSR count). The van der Waals surface area contributed by atoms with Gasteiger partial charge >= 0.3 is 0 Å². The molecule has 2 aromatic heterocycles. The van der Waals surface area contributed by atoms with Crippen LogP contribution in [-0.4, -0.2) is 20.9 Å². The number of nitrogens with zero attached hydrogens (tertiary/aromatic N) is 3. The summed E-state index contributed by atoms with van der Waals surface area (Å²) in [6.07, 6.45) is 3.98. The summed E-state index contributed by atoms with van der Waals surface area (Å²) in [6.45, 7) is 2.27. The van der Waals surface area contributed by atoms with Gasteiger partial charge in [0, 0.05) is 17.2 Å². The molecule has 3 aromatic rings. The second-order valence-electron chi connectivity index (χ2n) is 6.19. The van der Waals surface area contributed by atoms with E-state index in [0.29, 0.717) is 17.3 Å². The van der Waals surface area contributed by atoms with Gasteiger partial charge in [-0.2, -0.15) is 0 Å². The van der Waals surface area contributed by atoms with Gasteiger partial charge in [0.25, 0.3) is 5.91 Å². The Hall–Kier alpha value is -2.60. The molecular weight excluding hydrogens is 332 g/mol. The molecule has 126 valence electrons. The lowest BCUT2D eigenvalue weighted by molar-refractivity contribution is 0.0953. The third-order valence-electron chi connectivity index (χ3n) is 4.19. The lowest BCUT2D eigenvalue weighted by atomic mass is 10.2. The molecule has 2 heterocycles. The van der Waals surface area contributed by atoms with Gasteiger partial charge in [-0.3, -0.25) is 4.79 Å². The van der Waals surface area contributed by atoms with E-state index < -0.39 is 0 Å². The molecule has 1 aliphatic rings. The van der Waals surface area contributed by atoms with Crippen molar-refractivity contribution in [2.24, 2.45) is 0 Å².